The average molecular weight is 273 g/mol. The number of rotatable bonds is 2. The van der Waals surface area contributed by atoms with Crippen molar-refractivity contribution >= 4 is 0 Å². The van der Waals surface area contributed by atoms with E-state index in [1.807, 2.05) is 0 Å². The molecule has 1 N–H and O–H groups in total. The van der Waals surface area contributed by atoms with Crippen molar-refractivity contribution in [2.75, 3.05) is 39.8 Å². The molecule has 2 heterocycles. The van der Waals surface area contributed by atoms with E-state index < -0.39 is 0 Å². The van der Waals surface area contributed by atoms with E-state index in [1.54, 1.807) is 5.56 Å². The van der Waals surface area contributed by atoms with Gasteiger partial charge in [-0.3, -0.25) is 9.80 Å². The Morgan fingerprint density at radius 3 is 2.85 bits per heavy atom. The normalized spacial score (nSPS) is 27.2. The Labute approximate surface area is 123 Å². The standard InChI is InChI=1S/C17H27N3/c1-17(2)13-20(9-8-19(17)3)12-15-11-18-10-14-6-4-5-7-16(14)15/h4-7,15,18H,8-13H2,1-3H3. The second-order valence-corrected chi connectivity index (χ2v) is 7.00. The number of benzene rings is 1. The van der Waals surface area contributed by atoms with Crippen LogP contribution in [-0.4, -0.2) is 55.1 Å². The fraction of sp³-hybridized carbons (Fsp3) is 0.647. The molecule has 20 heavy (non-hydrogen) atoms. The van der Waals surface area contributed by atoms with E-state index in [0.717, 1.165) is 13.1 Å². The van der Waals surface area contributed by atoms with Gasteiger partial charge in [0.05, 0.1) is 0 Å². The minimum absolute atomic E-state index is 0.292. The largest absolute Gasteiger partial charge is 0.312 e. The second-order valence-electron chi connectivity index (χ2n) is 7.00. The lowest BCUT2D eigenvalue weighted by atomic mass is 9.89. The van der Waals surface area contributed by atoms with Gasteiger partial charge >= 0.3 is 0 Å². The first kappa shape index (κ1) is 14.1. The van der Waals surface area contributed by atoms with Gasteiger partial charge in [-0.1, -0.05) is 24.3 Å². The SMILES string of the molecule is CN1CCN(CC2CNCc3ccccc32)CC1(C)C. The molecule has 0 saturated carbocycles. The van der Waals surface area contributed by atoms with E-state index in [9.17, 15) is 0 Å². The van der Waals surface area contributed by atoms with Gasteiger partial charge in [-0.05, 0) is 32.0 Å². The summed E-state index contributed by atoms with van der Waals surface area (Å²) in [5.41, 5.74) is 3.33. The van der Waals surface area contributed by atoms with Gasteiger partial charge < -0.3 is 5.32 Å². The molecular weight excluding hydrogens is 246 g/mol. The molecule has 2 aliphatic heterocycles. The number of nitrogens with zero attached hydrogens (tertiary/aromatic N) is 2. The quantitative estimate of drug-likeness (QED) is 0.888. The molecule has 0 spiro atoms. The zero-order valence-corrected chi connectivity index (χ0v) is 13.0. The van der Waals surface area contributed by atoms with Gasteiger partial charge in [0.25, 0.3) is 0 Å². The van der Waals surface area contributed by atoms with Crippen LogP contribution in [0.1, 0.15) is 30.9 Å². The zero-order chi connectivity index (χ0) is 14.2. The number of hydrogen-bond donors (Lipinski definition) is 1. The maximum atomic E-state index is 3.57. The van der Waals surface area contributed by atoms with Crippen molar-refractivity contribution in [3.63, 3.8) is 0 Å². The lowest BCUT2D eigenvalue weighted by Crippen LogP contribution is -2.58. The average Bonchev–Trinajstić information content (AvgIpc) is 2.43. The van der Waals surface area contributed by atoms with Gasteiger partial charge in [-0.25, -0.2) is 0 Å². The van der Waals surface area contributed by atoms with E-state index in [2.05, 4.69) is 60.3 Å². The minimum atomic E-state index is 0.292. The first-order valence-electron chi connectivity index (χ1n) is 7.78. The Balaban J connectivity index is 1.70. The summed E-state index contributed by atoms with van der Waals surface area (Å²) < 4.78 is 0. The van der Waals surface area contributed by atoms with Crippen LogP contribution in [0.4, 0.5) is 0 Å². The summed E-state index contributed by atoms with van der Waals surface area (Å²) in [6.07, 6.45) is 0. The molecule has 0 radical (unpaired) electrons. The molecule has 1 fully saturated rings. The molecule has 110 valence electrons. The molecule has 1 atom stereocenters. The van der Waals surface area contributed by atoms with Crippen molar-refractivity contribution < 1.29 is 0 Å². The van der Waals surface area contributed by atoms with E-state index in [1.165, 1.54) is 31.7 Å². The van der Waals surface area contributed by atoms with Crippen LogP contribution in [0.5, 0.6) is 0 Å². The molecule has 3 rings (SSSR count). The van der Waals surface area contributed by atoms with Gasteiger partial charge in [-0.2, -0.15) is 0 Å². The summed E-state index contributed by atoms with van der Waals surface area (Å²) in [6, 6.07) is 8.93. The zero-order valence-electron chi connectivity index (χ0n) is 13.0. The Bertz CT molecular complexity index is 469. The molecule has 3 nitrogen and oxygen atoms in total. The van der Waals surface area contributed by atoms with Crippen molar-refractivity contribution in [1.29, 1.82) is 0 Å². The number of fused-ring (bicyclic) bond motifs is 1. The molecule has 0 amide bonds. The molecule has 0 aliphatic carbocycles. The summed E-state index contributed by atoms with van der Waals surface area (Å²) in [6.45, 7) is 11.6. The molecule has 1 aromatic carbocycles. The van der Waals surface area contributed by atoms with Crippen molar-refractivity contribution in [2.24, 2.45) is 0 Å². The smallest absolute Gasteiger partial charge is 0.0277 e. The lowest BCUT2D eigenvalue weighted by Gasteiger charge is -2.46. The van der Waals surface area contributed by atoms with Crippen LogP contribution in [0.3, 0.4) is 0 Å². The summed E-state index contributed by atoms with van der Waals surface area (Å²) >= 11 is 0. The number of hydrogen-bond acceptors (Lipinski definition) is 3. The van der Waals surface area contributed by atoms with Crippen molar-refractivity contribution in [3.8, 4) is 0 Å². The topological polar surface area (TPSA) is 18.5 Å². The Kier molecular flexibility index (Phi) is 3.85. The minimum Gasteiger partial charge on any atom is -0.312 e. The van der Waals surface area contributed by atoms with Crippen LogP contribution in [-0.2, 0) is 6.54 Å². The fourth-order valence-corrected chi connectivity index (χ4v) is 3.56. The Morgan fingerprint density at radius 1 is 1.25 bits per heavy atom. The summed E-state index contributed by atoms with van der Waals surface area (Å²) in [7, 11) is 2.24. The molecule has 1 unspecified atom stereocenters. The predicted octanol–water partition coefficient (Wildman–Crippen LogP) is 1.90. The van der Waals surface area contributed by atoms with Gasteiger partial charge in [0, 0.05) is 50.7 Å². The monoisotopic (exact) mass is 273 g/mol. The summed E-state index contributed by atoms with van der Waals surface area (Å²) in [5, 5.41) is 3.57. The lowest BCUT2D eigenvalue weighted by molar-refractivity contribution is 0.0365. The molecule has 1 aromatic rings. The first-order chi connectivity index (χ1) is 9.56. The molecule has 0 aromatic heterocycles. The van der Waals surface area contributed by atoms with Crippen LogP contribution >= 0.6 is 0 Å². The second kappa shape index (κ2) is 5.47. The summed E-state index contributed by atoms with van der Waals surface area (Å²) in [5.74, 6) is 0.638. The van der Waals surface area contributed by atoms with Crippen LogP contribution < -0.4 is 5.32 Å². The van der Waals surface area contributed by atoms with E-state index >= 15 is 0 Å². The number of likely N-dealkylation sites (N-methyl/N-ethyl adjacent to an activating group) is 1. The van der Waals surface area contributed by atoms with E-state index in [-0.39, 0.29) is 0 Å². The fourth-order valence-electron chi connectivity index (χ4n) is 3.56. The maximum Gasteiger partial charge on any atom is 0.0277 e. The van der Waals surface area contributed by atoms with Crippen LogP contribution in [0.25, 0.3) is 0 Å². The van der Waals surface area contributed by atoms with Crippen LogP contribution in [0.2, 0.25) is 0 Å². The molecular formula is C17H27N3. The highest BCUT2D eigenvalue weighted by atomic mass is 15.3. The van der Waals surface area contributed by atoms with Crippen LogP contribution in [0.15, 0.2) is 24.3 Å². The number of piperazine rings is 1. The Morgan fingerprint density at radius 2 is 2.05 bits per heavy atom. The Hall–Kier alpha value is -0.900. The van der Waals surface area contributed by atoms with Gasteiger partial charge in [0.15, 0.2) is 0 Å². The van der Waals surface area contributed by atoms with Gasteiger partial charge in [-0.15, -0.1) is 0 Å². The van der Waals surface area contributed by atoms with Crippen molar-refractivity contribution in [2.45, 2.75) is 31.8 Å². The molecule has 3 heteroatoms. The highest BCUT2D eigenvalue weighted by Gasteiger charge is 2.32. The highest BCUT2D eigenvalue weighted by molar-refractivity contribution is 5.33. The van der Waals surface area contributed by atoms with Crippen molar-refractivity contribution in [3.05, 3.63) is 35.4 Å². The van der Waals surface area contributed by atoms with Gasteiger partial charge in [0.1, 0.15) is 0 Å². The van der Waals surface area contributed by atoms with Crippen LogP contribution in [0, 0.1) is 0 Å². The highest BCUT2D eigenvalue weighted by Crippen LogP contribution is 2.27. The first-order valence-corrected chi connectivity index (χ1v) is 7.78. The maximum absolute atomic E-state index is 3.57. The number of nitrogens with one attached hydrogen (secondary N) is 1. The third-order valence-corrected chi connectivity index (χ3v) is 5.08. The third-order valence-electron chi connectivity index (χ3n) is 5.08. The summed E-state index contributed by atoms with van der Waals surface area (Å²) in [4.78, 5) is 5.13. The van der Waals surface area contributed by atoms with Gasteiger partial charge in [0.2, 0.25) is 0 Å². The van der Waals surface area contributed by atoms with E-state index in [0.29, 0.717) is 11.5 Å². The van der Waals surface area contributed by atoms with Crippen molar-refractivity contribution in [1.82, 2.24) is 15.1 Å². The molecule has 0 bridgehead atoms. The molecule has 1 saturated heterocycles. The third kappa shape index (κ3) is 2.76. The van der Waals surface area contributed by atoms with E-state index in [4.69, 9.17) is 0 Å². The predicted molar refractivity (Wildman–Crippen MR) is 84.0 cm³/mol. The molecule has 2 aliphatic rings.